The first-order valence-electron chi connectivity index (χ1n) is 7.46. The van der Waals surface area contributed by atoms with Crippen molar-refractivity contribution < 1.29 is 48.8 Å². The topological polar surface area (TPSA) is 58.2 Å². The number of carbonyl (C=O) groups is 2. The second kappa shape index (κ2) is 15.7. The Bertz CT molecular complexity index is 574. The zero-order chi connectivity index (χ0) is 17.6. The summed E-state index contributed by atoms with van der Waals surface area (Å²) in [5.74, 6) is 0.0343. The molecule has 0 aromatic carbocycles. The van der Waals surface area contributed by atoms with Crippen LogP contribution in [0.15, 0.2) is 72.2 Å². The van der Waals surface area contributed by atoms with Crippen LogP contribution in [0.4, 0.5) is 0 Å². The van der Waals surface area contributed by atoms with Gasteiger partial charge in [0.15, 0.2) is 11.6 Å². The van der Waals surface area contributed by atoms with Gasteiger partial charge in [-0.25, -0.2) is 0 Å². The molecule has 0 saturated carbocycles. The van der Waals surface area contributed by atoms with Crippen molar-refractivity contribution in [2.24, 2.45) is 0 Å². The molecular formula is C17H18Cl2CuHgN2O2. The molecule has 2 aliphatic rings. The molecule has 135 valence electrons. The van der Waals surface area contributed by atoms with Crippen molar-refractivity contribution in [3.8, 4) is 0 Å². The van der Waals surface area contributed by atoms with Crippen molar-refractivity contribution in [2.75, 3.05) is 13.1 Å². The maximum atomic E-state index is 11.5. The van der Waals surface area contributed by atoms with Gasteiger partial charge in [0.05, 0.1) is 0 Å². The number of ketones is 2. The van der Waals surface area contributed by atoms with Gasteiger partial charge >= 0.3 is 38.6 Å². The van der Waals surface area contributed by atoms with E-state index < -0.39 is 22.1 Å². The summed E-state index contributed by atoms with van der Waals surface area (Å²) in [5, 5.41) is 6.22. The van der Waals surface area contributed by atoms with Gasteiger partial charge in [0.2, 0.25) is 0 Å². The van der Waals surface area contributed by atoms with Gasteiger partial charge in [-0.1, -0.05) is 24.3 Å². The van der Waals surface area contributed by atoms with Gasteiger partial charge in [-0.3, -0.25) is 9.59 Å². The Balaban J connectivity index is 0.00000134. The molecule has 0 aliphatic heterocycles. The molecule has 1 radical (unpaired) electrons. The van der Waals surface area contributed by atoms with Crippen molar-refractivity contribution in [3.63, 3.8) is 0 Å². The van der Waals surface area contributed by atoms with Crippen LogP contribution in [0.2, 0.25) is 0 Å². The maximum Gasteiger partial charge on any atom is 0 e. The molecule has 0 aromatic rings. The normalized spacial score (nSPS) is 17.7. The van der Waals surface area contributed by atoms with Gasteiger partial charge in [-0.2, -0.15) is 0 Å². The average Bonchev–Trinajstić information content (AvgIpc) is 2.58. The Kier molecular flexibility index (Phi) is 15.3. The van der Waals surface area contributed by atoms with Crippen molar-refractivity contribution in [3.05, 3.63) is 72.2 Å². The molecule has 0 heterocycles. The first-order chi connectivity index (χ1) is 11.7. The van der Waals surface area contributed by atoms with Crippen molar-refractivity contribution >= 4 is 28.1 Å². The second-order valence-electron chi connectivity index (χ2n) is 4.73. The van der Waals surface area contributed by atoms with Gasteiger partial charge in [0, 0.05) is 53.7 Å². The fraction of sp³-hybridized carbons (Fsp3) is 0.176. The van der Waals surface area contributed by atoms with E-state index in [9.17, 15) is 9.59 Å². The Morgan fingerprint density at radius 1 is 0.800 bits per heavy atom. The third-order valence-electron chi connectivity index (χ3n) is 3.00. The fourth-order valence-corrected chi connectivity index (χ4v) is 1.86. The molecule has 4 nitrogen and oxygen atoms in total. The molecule has 25 heavy (non-hydrogen) atoms. The molecule has 0 unspecified atom stereocenters. The second-order valence-corrected chi connectivity index (χ2v) is 12.6. The summed E-state index contributed by atoms with van der Waals surface area (Å²) < 4.78 is 0. The van der Waals surface area contributed by atoms with Crippen LogP contribution in [0.5, 0.6) is 0 Å². The Labute approximate surface area is 178 Å². The molecule has 2 rings (SSSR count). The summed E-state index contributed by atoms with van der Waals surface area (Å²) >= 11 is -1.14. The quantitative estimate of drug-likeness (QED) is 0.274. The van der Waals surface area contributed by atoms with Crippen LogP contribution in [0.25, 0.3) is 0 Å². The number of rotatable bonds is 6. The Hall–Kier alpha value is -0.585. The summed E-state index contributed by atoms with van der Waals surface area (Å²) in [7, 11) is 9.97. The predicted octanol–water partition coefficient (Wildman–Crippen LogP) is 3.09. The maximum absolute atomic E-state index is 11.5. The molecule has 0 spiro atoms. The largest absolute Gasteiger partial charge is 0 e. The van der Waals surface area contributed by atoms with Crippen LogP contribution in [-0.4, -0.2) is 24.7 Å². The SMILES string of the molecule is O=C1C=CC=CC1=CNCCCNC=C1C=CC=CC1=O.[Cl][Hg][Cl].[Cu]. The van der Waals surface area contributed by atoms with E-state index in [1.165, 1.54) is 0 Å². The molecule has 0 atom stereocenters. The standard InChI is InChI=1S/C17H18N2O2.2ClH.Cu.Hg/c20-16-8-3-1-6-14(16)12-18-10-5-11-19-13-15-7-2-4-9-17(15)21;;;;/h1-4,6-9,12-13,18-19H,5,10-11H2;2*1H;;/q;;;;+2/p-2. The average molecular weight is 617 g/mol. The van der Waals surface area contributed by atoms with Gasteiger partial charge in [-0.05, 0) is 30.7 Å². The van der Waals surface area contributed by atoms with E-state index in [-0.39, 0.29) is 28.6 Å². The molecule has 2 aliphatic carbocycles. The van der Waals surface area contributed by atoms with Crippen molar-refractivity contribution in [2.45, 2.75) is 6.42 Å². The molecule has 2 N–H and O–H groups in total. The molecule has 8 heteroatoms. The number of hydrogen-bond acceptors (Lipinski definition) is 4. The number of nitrogens with one attached hydrogen (secondary N) is 2. The monoisotopic (exact) mass is 617 g/mol. The van der Waals surface area contributed by atoms with Crippen LogP contribution in [-0.2, 0) is 48.8 Å². The Morgan fingerprint density at radius 2 is 1.16 bits per heavy atom. The zero-order valence-electron chi connectivity index (χ0n) is 13.5. The fourth-order valence-electron chi connectivity index (χ4n) is 1.86. The van der Waals surface area contributed by atoms with Gasteiger partial charge < -0.3 is 10.6 Å². The number of halogens is 2. The van der Waals surface area contributed by atoms with Gasteiger partial charge in [0.1, 0.15) is 0 Å². The van der Waals surface area contributed by atoms with E-state index in [0.29, 0.717) is 11.1 Å². The molecule has 0 saturated heterocycles. The molecule has 0 fully saturated rings. The van der Waals surface area contributed by atoms with Crippen LogP contribution in [0, 0.1) is 0 Å². The minimum Gasteiger partial charge on any atom is 0 e. The van der Waals surface area contributed by atoms with E-state index in [4.69, 9.17) is 16.5 Å². The van der Waals surface area contributed by atoms with Crippen molar-refractivity contribution in [1.82, 2.24) is 10.6 Å². The smallest absolute Gasteiger partial charge is 0 e. The summed E-state index contributed by atoms with van der Waals surface area (Å²) in [6.45, 7) is 1.52. The Morgan fingerprint density at radius 3 is 1.52 bits per heavy atom. The van der Waals surface area contributed by atoms with Crippen LogP contribution in [0.3, 0.4) is 0 Å². The predicted molar refractivity (Wildman–Crippen MR) is 95.1 cm³/mol. The van der Waals surface area contributed by atoms with Gasteiger partial charge in [0.25, 0.3) is 0 Å². The number of allylic oxidation sites excluding steroid dienone is 10. The molecule has 0 aromatic heterocycles. The summed E-state index contributed by atoms with van der Waals surface area (Å²) in [5.41, 5.74) is 1.33. The summed E-state index contributed by atoms with van der Waals surface area (Å²) in [4.78, 5) is 22.9. The van der Waals surface area contributed by atoms with Crippen LogP contribution in [0.1, 0.15) is 6.42 Å². The minimum absolute atomic E-state index is 0. The third kappa shape index (κ3) is 10.9. The van der Waals surface area contributed by atoms with E-state index in [0.717, 1.165) is 19.5 Å². The minimum atomic E-state index is -1.14. The van der Waals surface area contributed by atoms with Crippen LogP contribution < -0.4 is 10.6 Å². The van der Waals surface area contributed by atoms with E-state index in [1.807, 2.05) is 12.2 Å². The first kappa shape index (κ1) is 24.4. The van der Waals surface area contributed by atoms with Crippen molar-refractivity contribution in [1.29, 1.82) is 0 Å². The number of carbonyl (C=O) groups excluding carboxylic acids is 2. The number of hydrogen-bond donors (Lipinski definition) is 2. The van der Waals surface area contributed by atoms with E-state index in [2.05, 4.69) is 10.6 Å². The summed E-state index contributed by atoms with van der Waals surface area (Å²) in [6.07, 6.45) is 18.2. The van der Waals surface area contributed by atoms with E-state index >= 15 is 0 Å². The molecule has 0 bridgehead atoms. The van der Waals surface area contributed by atoms with Gasteiger partial charge in [-0.15, -0.1) is 0 Å². The zero-order valence-corrected chi connectivity index (χ0v) is 21.4. The molecular weight excluding hydrogens is 599 g/mol. The third-order valence-corrected chi connectivity index (χ3v) is 3.00. The molecule has 0 amide bonds. The first-order valence-corrected chi connectivity index (χ1v) is 21.0. The van der Waals surface area contributed by atoms with Crippen LogP contribution >= 0.6 is 16.5 Å². The summed E-state index contributed by atoms with van der Waals surface area (Å²) in [6, 6.07) is 0. The van der Waals surface area contributed by atoms with E-state index in [1.54, 1.807) is 48.9 Å².